The minimum Gasteiger partial charge on any atom is -0.179 e. The minimum atomic E-state index is 0.470. The lowest BCUT2D eigenvalue weighted by atomic mass is 9.97. The van der Waals surface area contributed by atoms with Gasteiger partial charge in [-0.05, 0) is 55.3 Å². The van der Waals surface area contributed by atoms with E-state index in [1.54, 1.807) is 0 Å². The van der Waals surface area contributed by atoms with E-state index < -0.39 is 0 Å². The molecule has 16 heavy (non-hydrogen) atoms. The molecule has 0 spiro atoms. The van der Waals surface area contributed by atoms with Crippen molar-refractivity contribution in [3.8, 4) is 0 Å². The molecule has 0 aliphatic heterocycles. The Bertz CT molecular complexity index is 153. The van der Waals surface area contributed by atoms with Gasteiger partial charge in [0, 0.05) is 10.5 Å². The van der Waals surface area contributed by atoms with Crippen LogP contribution in [0.2, 0.25) is 0 Å². The van der Waals surface area contributed by atoms with Crippen LogP contribution in [-0.4, -0.2) is 27.8 Å². The molecule has 0 saturated heterocycles. The maximum absolute atomic E-state index is 4.58. The smallest absolute Gasteiger partial charge is 0.00274 e. The first-order chi connectivity index (χ1) is 7.63. The SMILES string of the molecule is SCCC(S)CCC(CS)CC(S)CCS. The molecule has 0 nitrogen and oxygen atoms in total. The molecule has 0 fully saturated rings. The van der Waals surface area contributed by atoms with Crippen LogP contribution >= 0.6 is 63.1 Å². The van der Waals surface area contributed by atoms with Crippen molar-refractivity contribution in [3.05, 3.63) is 0 Å². The second kappa shape index (κ2) is 11.8. The summed E-state index contributed by atoms with van der Waals surface area (Å²) in [6.07, 6.45) is 5.68. The van der Waals surface area contributed by atoms with Crippen LogP contribution in [0.1, 0.15) is 32.1 Å². The topological polar surface area (TPSA) is 0 Å². The Morgan fingerprint density at radius 2 is 1.25 bits per heavy atom. The van der Waals surface area contributed by atoms with Crippen LogP contribution < -0.4 is 0 Å². The first kappa shape index (κ1) is 17.8. The van der Waals surface area contributed by atoms with Crippen LogP contribution in [0.25, 0.3) is 0 Å². The monoisotopic (exact) mass is 316 g/mol. The van der Waals surface area contributed by atoms with E-state index in [1.165, 1.54) is 6.42 Å². The van der Waals surface area contributed by atoms with Crippen molar-refractivity contribution in [2.75, 3.05) is 17.3 Å². The fourth-order valence-electron chi connectivity index (χ4n) is 1.66. The zero-order valence-corrected chi connectivity index (χ0v) is 14.1. The highest BCUT2D eigenvalue weighted by atomic mass is 32.1. The molecule has 0 N–H and O–H groups in total. The van der Waals surface area contributed by atoms with Gasteiger partial charge in [0.2, 0.25) is 0 Å². The summed E-state index contributed by atoms with van der Waals surface area (Å²) in [6, 6.07) is 0. The Balaban J connectivity index is 3.73. The third-order valence-corrected chi connectivity index (χ3v) is 4.71. The summed E-state index contributed by atoms with van der Waals surface area (Å²) in [5.41, 5.74) is 0. The number of hydrogen-bond donors (Lipinski definition) is 5. The highest BCUT2D eigenvalue weighted by molar-refractivity contribution is 7.82. The molecule has 3 unspecified atom stereocenters. The van der Waals surface area contributed by atoms with E-state index in [0.29, 0.717) is 16.4 Å². The Morgan fingerprint density at radius 3 is 1.75 bits per heavy atom. The highest BCUT2D eigenvalue weighted by Gasteiger charge is 2.13. The third kappa shape index (κ3) is 9.75. The van der Waals surface area contributed by atoms with Crippen LogP contribution in [0.15, 0.2) is 0 Å². The predicted octanol–water partition coefficient (Wildman–Crippen LogP) is 3.94. The molecule has 0 rings (SSSR count). The molecule has 3 atom stereocenters. The van der Waals surface area contributed by atoms with Crippen molar-refractivity contribution in [2.24, 2.45) is 5.92 Å². The van der Waals surface area contributed by atoms with E-state index >= 15 is 0 Å². The van der Waals surface area contributed by atoms with Gasteiger partial charge >= 0.3 is 0 Å². The Labute approximate surface area is 128 Å². The van der Waals surface area contributed by atoms with E-state index in [2.05, 4.69) is 63.1 Å². The molecule has 0 aromatic carbocycles. The maximum Gasteiger partial charge on any atom is 0.00274 e. The van der Waals surface area contributed by atoms with Crippen LogP contribution in [0.3, 0.4) is 0 Å². The summed E-state index contributed by atoms with van der Waals surface area (Å²) in [5.74, 6) is 3.46. The lowest BCUT2D eigenvalue weighted by Crippen LogP contribution is -2.13. The Kier molecular flexibility index (Phi) is 13.1. The van der Waals surface area contributed by atoms with Crippen molar-refractivity contribution >= 4 is 63.1 Å². The fraction of sp³-hybridized carbons (Fsp3) is 1.00. The molecule has 5 heteroatoms. The van der Waals surface area contributed by atoms with Crippen molar-refractivity contribution in [1.29, 1.82) is 0 Å². The molecule has 0 aromatic heterocycles. The molecule has 0 radical (unpaired) electrons. The summed E-state index contributed by atoms with van der Waals surface area (Å²) in [6.45, 7) is 0. The quantitative estimate of drug-likeness (QED) is 0.371. The molecular formula is C11H24S5. The number of rotatable bonds is 10. The van der Waals surface area contributed by atoms with Crippen molar-refractivity contribution in [3.63, 3.8) is 0 Å². The number of hydrogen-bond acceptors (Lipinski definition) is 5. The van der Waals surface area contributed by atoms with Gasteiger partial charge in [0.25, 0.3) is 0 Å². The first-order valence-electron chi connectivity index (χ1n) is 5.82. The minimum absolute atomic E-state index is 0.470. The zero-order valence-electron chi connectivity index (χ0n) is 9.62. The molecule has 0 aromatic rings. The summed E-state index contributed by atoms with van der Waals surface area (Å²) in [5, 5.41) is 0.959. The Morgan fingerprint density at radius 1 is 0.688 bits per heavy atom. The van der Waals surface area contributed by atoms with Gasteiger partial charge in [-0.3, -0.25) is 0 Å². The zero-order chi connectivity index (χ0) is 12.4. The average Bonchev–Trinajstić information content (AvgIpc) is 2.25. The van der Waals surface area contributed by atoms with Gasteiger partial charge in [-0.1, -0.05) is 0 Å². The number of thiol groups is 5. The van der Waals surface area contributed by atoms with Gasteiger partial charge in [0.05, 0.1) is 0 Å². The molecule has 0 heterocycles. The standard InChI is InChI=1S/C11H24S5/c12-5-3-10(15)2-1-9(8-14)7-11(16)4-6-13/h9-16H,1-8H2. The van der Waals surface area contributed by atoms with E-state index in [-0.39, 0.29) is 0 Å². The van der Waals surface area contributed by atoms with Crippen LogP contribution in [0.4, 0.5) is 0 Å². The van der Waals surface area contributed by atoms with E-state index in [9.17, 15) is 0 Å². The van der Waals surface area contributed by atoms with Crippen molar-refractivity contribution in [1.82, 2.24) is 0 Å². The molecular weight excluding hydrogens is 292 g/mol. The van der Waals surface area contributed by atoms with Gasteiger partial charge in [0.1, 0.15) is 0 Å². The van der Waals surface area contributed by atoms with Crippen molar-refractivity contribution < 1.29 is 0 Å². The highest BCUT2D eigenvalue weighted by Crippen LogP contribution is 2.23. The molecule has 0 aliphatic carbocycles. The lowest BCUT2D eigenvalue weighted by molar-refractivity contribution is 0.468. The summed E-state index contributed by atoms with van der Waals surface area (Å²) in [4.78, 5) is 0. The van der Waals surface area contributed by atoms with E-state index in [0.717, 1.165) is 42.9 Å². The van der Waals surface area contributed by atoms with Gasteiger partial charge < -0.3 is 0 Å². The fourth-order valence-corrected chi connectivity index (χ4v) is 3.72. The van der Waals surface area contributed by atoms with Gasteiger partial charge in [0.15, 0.2) is 0 Å². The average molecular weight is 317 g/mol. The van der Waals surface area contributed by atoms with Crippen LogP contribution in [0, 0.1) is 5.92 Å². The first-order valence-corrected chi connectivity index (χ1v) is 8.75. The summed E-state index contributed by atoms with van der Waals surface area (Å²) < 4.78 is 0. The molecule has 0 aliphatic rings. The Hall–Kier alpha value is 1.75. The molecule has 98 valence electrons. The van der Waals surface area contributed by atoms with Gasteiger partial charge in [-0.15, -0.1) is 0 Å². The van der Waals surface area contributed by atoms with Crippen molar-refractivity contribution in [2.45, 2.75) is 42.6 Å². The van der Waals surface area contributed by atoms with E-state index in [4.69, 9.17) is 0 Å². The largest absolute Gasteiger partial charge is 0.179 e. The molecule has 0 bridgehead atoms. The maximum atomic E-state index is 4.58. The normalized spacial score (nSPS) is 17.1. The van der Waals surface area contributed by atoms with Gasteiger partial charge in [-0.25, -0.2) is 0 Å². The predicted molar refractivity (Wildman–Crippen MR) is 93.7 cm³/mol. The van der Waals surface area contributed by atoms with Crippen LogP contribution in [0.5, 0.6) is 0 Å². The van der Waals surface area contributed by atoms with E-state index in [1.807, 2.05) is 0 Å². The third-order valence-electron chi connectivity index (χ3n) is 2.70. The molecule has 0 amide bonds. The van der Waals surface area contributed by atoms with Crippen LogP contribution in [-0.2, 0) is 0 Å². The summed E-state index contributed by atoms with van der Waals surface area (Å²) in [7, 11) is 0. The second-order valence-electron chi connectivity index (χ2n) is 4.19. The second-order valence-corrected chi connectivity index (χ2v) is 6.91. The summed E-state index contributed by atoms with van der Waals surface area (Å²) >= 11 is 22.0. The molecule has 0 saturated carbocycles. The lowest BCUT2D eigenvalue weighted by Gasteiger charge is -2.19. The van der Waals surface area contributed by atoms with Gasteiger partial charge in [-0.2, -0.15) is 63.1 Å².